The summed E-state index contributed by atoms with van der Waals surface area (Å²) in [5.74, 6) is 0. The molecule has 5 rings (SSSR count). The molecule has 4 aromatic rings. The lowest BCUT2D eigenvalue weighted by molar-refractivity contribution is 0.935. The van der Waals surface area contributed by atoms with Crippen LogP contribution in [0, 0.1) is 0 Å². The average molecular weight is 381 g/mol. The van der Waals surface area contributed by atoms with E-state index >= 15 is 0 Å². The predicted octanol–water partition coefficient (Wildman–Crippen LogP) is 5.87. The van der Waals surface area contributed by atoms with Crippen LogP contribution in [-0.2, 0) is 0 Å². The van der Waals surface area contributed by atoms with Crippen molar-refractivity contribution in [1.29, 1.82) is 0 Å². The van der Waals surface area contributed by atoms with Crippen molar-refractivity contribution >= 4 is 41.3 Å². The second-order valence-electron chi connectivity index (χ2n) is 7.94. The van der Waals surface area contributed by atoms with Gasteiger partial charge in [0.1, 0.15) is 0 Å². The van der Waals surface area contributed by atoms with Gasteiger partial charge in [0.05, 0.1) is 6.67 Å². The van der Waals surface area contributed by atoms with Crippen LogP contribution in [0.3, 0.4) is 0 Å². The molecule has 0 amide bonds. The Morgan fingerprint density at radius 1 is 0.643 bits per heavy atom. The number of nitrogens with zero attached hydrogens (tertiary/aromatic N) is 2. The second-order valence-corrected chi connectivity index (χ2v) is 12.1. The largest absolute Gasteiger partial charge is 0.377 e. The molecule has 0 spiro atoms. The number of anilines is 3. The molecule has 1 aliphatic rings. The van der Waals surface area contributed by atoms with Crippen LogP contribution >= 0.6 is 0 Å². The summed E-state index contributed by atoms with van der Waals surface area (Å²) in [5, 5.41) is 4.12. The van der Waals surface area contributed by atoms with Crippen LogP contribution in [0.25, 0.3) is 10.8 Å². The van der Waals surface area contributed by atoms with Gasteiger partial charge in [-0.1, -0.05) is 66.7 Å². The van der Waals surface area contributed by atoms with E-state index in [2.05, 4.69) is 120 Å². The molecule has 1 heterocycles. The van der Waals surface area contributed by atoms with Crippen molar-refractivity contribution < 1.29 is 0 Å². The van der Waals surface area contributed by atoms with E-state index in [0.29, 0.717) is 0 Å². The summed E-state index contributed by atoms with van der Waals surface area (Å²) in [4.78, 5) is 2.47. The van der Waals surface area contributed by atoms with Crippen LogP contribution in [0.15, 0.2) is 97.1 Å². The summed E-state index contributed by atoms with van der Waals surface area (Å²) >= 11 is 0. The summed E-state index contributed by atoms with van der Waals surface area (Å²) in [7, 11) is -1.88. The van der Waals surface area contributed by atoms with Gasteiger partial charge in [0.15, 0.2) is 8.24 Å². The van der Waals surface area contributed by atoms with Crippen LogP contribution < -0.4 is 14.7 Å². The van der Waals surface area contributed by atoms with Crippen molar-refractivity contribution in [2.24, 2.45) is 0 Å². The van der Waals surface area contributed by atoms with E-state index < -0.39 is 8.24 Å². The van der Waals surface area contributed by atoms with Gasteiger partial charge >= 0.3 is 0 Å². The molecule has 0 aromatic heterocycles. The zero-order chi connectivity index (χ0) is 19.1. The number of para-hydroxylation sites is 2. The Morgan fingerprint density at radius 2 is 1.18 bits per heavy atom. The molecule has 28 heavy (non-hydrogen) atoms. The minimum Gasteiger partial charge on any atom is -0.377 e. The molecule has 0 saturated heterocycles. The first-order valence-corrected chi connectivity index (χ1v) is 12.8. The average Bonchev–Trinajstić information content (AvgIpc) is 2.74. The molecule has 0 radical (unpaired) electrons. The summed E-state index contributed by atoms with van der Waals surface area (Å²) < 4.78 is 2.64. The fourth-order valence-electron chi connectivity index (χ4n) is 4.32. The van der Waals surface area contributed by atoms with Crippen molar-refractivity contribution in [1.82, 2.24) is 0 Å². The van der Waals surface area contributed by atoms with Gasteiger partial charge in [0.2, 0.25) is 0 Å². The highest BCUT2D eigenvalue weighted by atomic mass is 28.3. The topological polar surface area (TPSA) is 6.48 Å². The molecule has 0 unspecified atom stereocenters. The predicted molar refractivity (Wildman–Crippen MR) is 123 cm³/mol. The van der Waals surface area contributed by atoms with Crippen LogP contribution in [0.2, 0.25) is 13.1 Å². The Hall–Kier alpha value is -3.04. The van der Waals surface area contributed by atoms with Crippen molar-refractivity contribution in [3.63, 3.8) is 0 Å². The zero-order valence-electron chi connectivity index (χ0n) is 16.3. The zero-order valence-corrected chi connectivity index (χ0v) is 17.3. The highest BCUT2D eigenvalue weighted by Gasteiger charge is 2.40. The van der Waals surface area contributed by atoms with E-state index in [9.17, 15) is 0 Å². The minimum absolute atomic E-state index is 0.874. The third kappa shape index (κ3) is 2.71. The van der Waals surface area contributed by atoms with E-state index in [1.54, 1.807) is 0 Å². The van der Waals surface area contributed by atoms with Crippen molar-refractivity contribution in [2.45, 2.75) is 13.1 Å². The van der Waals surface area contributed by atoms with Gasteiger partial charge < -0.3 is 9.47 Å². The van der Waals surface area contributed by atoms with Gasteiger partial charge in [-0.15, -0.1) is 0 Å². The molecular formula is C25H24N2Si. The Labute approximate surface area is 167 Å². The Bertz CT molecular complexity index is 1120. The number of fused-ring (bicyclic) bond motifs is 2. The third-order valence-electron chi connectivity index (χ3n) is 5.91. The Balaban J connectivity index is 1.76. The molecule has 0 aliphatic carbocycles. The number of benzene rings is 4. The van der Waals surface area contributed by atoms with Gasteiger partial charge in [-0.3, -0.25) is 0 Å². The van der Waals surface area contributed by atoms with Crippen LogP contribution in [0.5, 0.6) is 0 Å². The fourth-order valence-corrected chi connectivity index (χ4v) is 7.25. The maximum absolute atomic E-state index is 2.64. The van der Waals surface area contributed by atoms with Crippen molar-refractivity contribution in [3.05, 3.63) is 97.1 Å². The lowest BCUT2D eigenvalue weighted by Gasteiger charge is -2.49. The lowest BCUT2D eigenvalue weighted by Crippen LogP contribution is -2.65. The van der Waals surface area contributed by atoms with E-state index in [4.69, 9.17) is 0 Å². The lowest BCUT2D eigenvalue weighted by atomic mass is 10.1. The molecule has 1 aliphatic heterocycles. The molecule has 0 atom stereocenters. The van der Waals surface area contributed by atoms with Crippen molar-refractivity contribution in [2.75, 3.05) is 16.1 Å². The smallest absolute Gasteiger partial charge is 0.186 e. The van der Waals surface area contributed by atoms with Crippen LogP contribution in [0.1, 0.15) is 0 Å². The molecule has 3 heteroatoms. The standard InChI is InChI=1S/C25H24N2Si/c1-28(2)25-18-21-12-10-9-11-20(21)17-24(25)26(22-13-5-3-6-14-22)19-27(28)23-15-7-4-8-16-23/h3-18H,19H2,1-2H3. The maximum Gasteiger partial charge on any atom is 0.186 e. The molecule has 2 nitrogen and oxygen atoms in total. The van der Waals surface area contributed by atoms with Crippen molar-refractivity contribution in [3.8, 4) is 0 Å². The quantitative estimate of drug-likeness (QED) is 0.401. The highest BCUT2D eigenvalue weighted by Crippen LogP contribution is 2.36. The third-order valence-corrected chi connectivity index (χ3v) is 9.38. The Morgan fingerprint density at radius 3 is 1.82 bits per heavy atom. The first-order chi connectivity index (χ1) is 13.6. The van der Waals surface area contributed by atoms with E-state index in [1.807, 2.05) is 0 Å². The monoisotopic (exact) mass is 380 g/mol. The minimum atomic E-state index is -1.88. The Kier molecular flexibility index (Phi) is 3.99. The summed E-state index contributed by atoms with van der Waals surface area (Å²) in [6.07, 6.45) is 0. The summed E-state index contributed by atoms with van der Waals surface area (Å²) in [5.41, 5.74) is 3.90. The molecular weight excluding hydrogens is 356 g/mol. The fraction of sp³-hybridized carbons (Fsp3) is 0.120. The van der Waals surface area contributed by atoms with Crippen LogP contribution in [-0.4, -0.2) is 14.9 Å². The molecule has 0 fully saturated rings. The number of hydrogen-bond donors (Lipinski definition) is 0. The van der Waals surface area contributed by atoms with E-state index in [1.165, 1.54) is 33.0 Å². The first-order valence-electron chi connectivity index (χ1n) is 9.83. The van der Waals surface area contributed by atoms with E-state index in [0.717, 1.165) is 6.67 Å². The number of hydrogen-bond acceptors (Lipinski definition) is 2. The molecule has 0 N–H and O–H groups in total. The van der Waals surface area contributed by atoms with Gasteiger partial charge in [0.25, 0.3) is 0 Å². The van der Waals surface area contributed by atoms with E-state index in [-0.39, 0.29) is 0 Å². The van der Waals surface area contributed by atoms with Gasteiger partial charge in [-0.05, 0) is 59.4 Å². The van der Waals surface area contributed by atoms with Gasteiger partial charge in [-0.25, -0.2) is 0 Å². The molecule has 4 aromatic carbocycles. The first kappa shape index (κ1) is 17.1. The maximum atomic E-state index is 2.64. The summed E-state index contributed by atoms with van der Waals surface area (Å²) in [6.45, 7) is 5.81. The highest BCUT2D eigenvalue weighted by molar-refractivity contribution is 6.94. The second kappa shape index (κ2) is 6.53. The molecule has 0 saturated carbocycles. The SMILES string of the molecule is C[Si]1(C)c2cc3ccccc3cc2N(c2ccccc2)CN1c1ccccc1. The number of rotatable bonds is 2. The summed E-state index contributed by atoms with van der Waals surface area (Å²) in [6, 6.07) is 35.1. The van der Waals surface area contributed by atoms with Gasteiger partial charge in [-0.2, -0.15) is 0 Å². The van der Waals surface area contributed by atoms with Crippen LogP contribution in [0.4, 0.5) is 17.1 Å². The molecule has 138 valence electrons. The molecule has 0 bridgehead atoms. The normalized spacial score (nSPS) is 15.5. The van der Waals surface area contributed by atoms with Gasteiger partial charge in [0, 0.05) is 17.1 Å².